The van der Waals surface area contributed by atoms with Crippen molar-refractivity contribution in [1.82, 2.24) is 4.90 Å². The Morgan fingerprint density at radius 1 is 1.03 bits per heavy atom. The fraction of sp³-hybridized carbons (Fsp3) is 0.500. The normalized spacial score (nSPS) is 21.4. The zero-order valence-corrected chi connectivity index (χ0v) is 18.8. The van der Waals surface area contributed by atoms with Crippen LogP contribution >= 0.6 is 0 Å². The molecule has 0 N–H and O–H groups in total. The predicted octanol–water partition coefficient (Wildman–Crippen LogP) is 4.10. The standard InChI is InChI=1S/C26H32FN3O2/c1-32-25-17-21(27)9-11-24(25)29-14-12-28(13-15-29)18-22-10-8-20-4-2-3-5-23(20)30(22)26(31)16-19-6-7-19/h2-5,9,11,17,19,22H,6-8,10,12-16,18H2,1H3. The summed E-state index contributed by atoms with van der Waals surface area (Å²) in [6.07, 6.45) is 5.12. The lowest BCUT2D eigenvalue weighted by Gasteiger charge is -2.42. The third kappa shape index (κ3) is 4.46. The van der Waals surface area contributed by atoms with Gasteiger partial charge in [0.15, 0.2) is 0 Å². The number of carbonyl (C=O) groups is 1. The molecule has 1 saturated carbocycles. The number of carbonyl (C=O) groups excluding carboxylic acids is 1. The summed E-state index contributed by atoms with van der Waals surface area (Å²) in [5.41, 5.74) is 3.35. The Balaban J connectivity index is 1.26. The summed E-state index contributed by atoms with van der Waals surface area (Å²) in [4.78, 5) is 20.1. The second-order valence-corrected chi connectivity index (χ2v) is 9.34. The average Bonchev–Trinajstić information content (AvgIpc) is 3.63. The lowest BCUT2D eigenvalue weighted by molar-refractivity contribution is -0.119. The molecule has 5 rings (SSSR count). The first-order valence-corrected chi connectivity index (χ1v) is 11.8. The Kier molecular flexibility index (Phi) is 6.05. The zero-order chi connectivity index (χ0) is 22.1. The summed E-state index contributed by atoms with van der Waals surface area (Å²) < 4.78 is 19.0. The number of halogens is 1. The van der Waals surface area contributed by atoms with Gasteiger partial charge in [-0.25, -0.2) is 4.39 Å². The van der Waals surface area contributed by atoms with E-state index in [9.17, 15) is 9.18 Å². The van der Waals surface area contributed by atoms with Gasteiger partial charge < -0.3 is 14.5 Å². The van der Waals surface area contributed by atoms with Crippen LogP contribution in [0.2, 0.25) is 0 Å². The van der Waals surface area contributed by atoms with E-state index in [2.05, 4.69) is 32.9 Å². The first kappa shape index (κ1) is 21.3. The molecule has 6 heteroatoms. The van der Waals surface area contributed by atoms with Gasteiger partial charge in [0.25, 0.3) is 0 Å². The van der Waals surface area contributed by atoms with Crippen LogP contribution in [0.25, 0.3) is 0 Å². The largest absolute Gasteiger partial charge is 0.494 e. The summed E-state index contributed by atoms with van der Waals surface area (Å²) in [5, 5.41) is 0. The van der Waals surface area contributed by atoms with E-state index in [4.69, 9.17) is 4.74 Å². The van der Waals surface area contributed by atoms with Crippen LogP contribution in [0.5, 0.6) is 5.75 Å². The minimum absolute atomic E-state index is 0.225. The Bertz CT molecular complexity index is 969. The highest BCUT2D eigenvalue weighted by Crippen LogP contribution is 2.37. The lowest BCUT2D eigenvalue weighted by atomic mass is 9.94. The maximum absolute atomic E-state index is 13.6. The molecular formula is C26H32FN3O2. The number of benzene rings is 2. The molecule has 2 aromatic rings. The second kappa shape index (κ2) is 9.10. The monoisotopic (exact) mass is 437 g/mol. The van der Waals surface area contributed by atoms with Crippen molar-refractivity contribution in [2.45, 2.75) is 38.1 Å². The molecule has 1 amide bonds. The quantitative estimate of drug-likeness (QED) is 0.682. The van der Waals surface area contributed by atoms with Crippen molar-refractivity contribution in [3.05, 3.63) is 53.8 Å². The van der Waals surface area contributed by atoms with Crippen molar-refractivity contribution in [2.75, 3.05) is 49.6 Å². The van der Waals surface area contributed by atoms with E-state index >= 15 is 0 Å². The van der Waals surface area contributed by atoms with Crippen LogP contribution in [0.3, 0.4) is 0 Å². The molecule has 1 atom stereocenters. The Hall–Kier alpha value is -2.60. The minimum atomic E-state index is -0.280. The molecule has 1 unspecified atom stereocenters. The second-order valence-electron chi connectivity index (χ2n) is 9.34. The van der Waals surface area contributed by atoms with Crippen molar-refractivity contribution in [3.8, 4) is 5.75 Å². The molecule has 0 spiro atoms. The van der Waals surface area contributed by atoms with Gasteiger partial charge in [0, 0.05) is 56.9 Å². The Morgan fingerprint density at radius 2 is 1.81 bits per heavy atom. The number of amides is 1. The first-order chi connectivity index (χ1) is 15.6. The van der Waals surface area contributed by atoms with Crippen molar-refractivity contribution in [2.24, 2.45) is 5.92 Å². The molecule has 2 fully saturated rings. The molecule has 170 valence electrons. The van der Waals surface area contributed by atoms with E-state index in [1.807, 2.05) is 6.07 Å². The highest BCUT2D eigenvalue weighted by molar-refractivity contribution is 5.95. The number of hydrogen-bond acceptors (Lipinski definition) is 4. The van der Waals surface area contributed by atoms with Crippen LogP contribution < -0.4 is 14.5 Å². The molecule has 1 aliphatic carbocycles. The highest BCUT2D eigenvalue weighted by atomic mass is 19.1. The number of aryl methyl sites for hydroxylation is 1. The van der Waals surface area contributed by atoms with Crippen LogP contribution in [0.1, 0.15) is 31.2 Å². The smallest absolute Gasteiger partial charge is 0.227 e. The SMILES string of the molecule is COc1cc(F)ccc1N1CCN(CC2CCc3ccccc3N2C(=O)CC2CC2)CC1. The first-order valence-electron chi connectivity index (χ1n) is 11.8. The molecule has 1 saturated heterocycles. The van der Waals surface area contributed by atoms with Crippen molar-refractivity contribution in [3.63, 3.8) is 0 Å². The fourth-order valence-electron chi connectivity index (χ4n) is 5.17. The molecule has 2 aliphatic heterocycles. The lowest BCUT2D eigenvalue weighted by Crippen LogP contribution is -2.54. The van der Waals surface area contributed by atoms with Crippen LogP contribution in [0, 0.1) is 11.7 Å². The van der Waals surface area contributed by atoms with Gasteiger partial charge in [-0.05, 0) is 55.4 Å². The number of piperazine rings is 1. The van der Waals surface area contributed by atoms with Gasteiger partial charge in [0.1, 0.15) is 11.6 Å². The number of hydrogen-bond donors (Lipinski definition) is 0. The van der Waals surface area contributed by atoms with Crippen LogP contribution in [0.4, 0.5) is 15.8 Å². The fourth-order valence-corrected chi connectivity index (χ4v) is 5.17. The maximum Gasteiger partial charge on any atom is 0.227 e. The maximum atomic E-state index is 13.6. The van der Waals surface area contributed by atoms with Gasteiger partial charge in [-0.1, -0.05) is 18.2 Å². The summed E-state index contributed by atoms with van der Waals surface area (Å²) >= 11 is 0. The Labute approximate surface area is 189 Å². The van der Waals surface area contributed by atoms with E-state index in [-0.39, 0.29) is 11.9 Å². The molecule has 3 aliphatic rings. The summed E-state index contributed by atoms with van der Waals surface area (Å²) in [6, 6.07) is 13.4. The Morgan fingerprint density at radius 3 is 2.56 bits per heavy atom. The van der Waals surface area contributed by atoms with Gasteiger partial charge in [0.2, 0.25) is 5.91 Å². The van der Waals surface area contributed by atoms with Crippen LogP contribution in [-0.2, 0) is 11.2 Å². The van der Waals surface area contributed by atoms with Gasteiger partial charge in [0.05, 0.1) is 12.8 Å². The number of anilines is 2. The average molecular weight is 438 g/mol. The number of nitrogens with zero attached hydrogens (tertiary/aromatic N) is 3. The summed E-state index contributed by atoms with van der Waals surface area (Å²) in [5.74, 6) is 1.18. The zero-order valence-electron chi connectivity index (χ0n) is 18.8. The molecule has 0 aromatic heterocycles. The third-order valence-corrected chi connectivity index (χ3v) is 7.12. The van der Waals surface area contributed by atoms with E-state index < -0.39 is 0 Å². The van der Waals surface area contributed by atoms with Crippen LogP contribution in [0.15, 0.2) is 42.5 Å². The van der Waals surface area contributed by atoms with Crippen molar-refractivity contribution >= 4 is 17.3 Å². The number of rotatable bonds is 6. The van der Waals surface area contributed by atoms with Crippen molar-refractivity contribution in [1.29, 1.82) is 0 Å². The molecule has 0 radical (unpaired) electrons. The summed E-state index contributed by atoms with van der Waals surface area (Å²) in [6.45, 7) is 4.47. The van der Waals surface area contributed by atoms with E-state index in [0.29, 0.717) is 24.0 Å². The number of ether oxygens (including phenoxy) is 1. The third-order valence-electron chi connectivity index (χ3n) is 7.12. The molecule has 0 bridgehead atoms. The van der Waals surface area contributed by atoms with Gasteiger partial charge >= 0.3 is 0 Å². The number of fused-ring (bicyclic) bond motifs is 1. The number of methoxy groups -OCH3 is 1. The molecule has 32 heavy (non-hydrogen) atoms. The topological polar surface area (TPSA) is 36.0 Å². The van der Waals surface area contributed by atoms with Gasteiger partial charge in [-0.15, -0.1) is 0 Å². The van der Waals surface area contributed by atoms with Gasteiger partial charge in [-0.3, -0.25) is 9.69 Å². The molecule has 2 heterocycles. The molecule has 2 aromatic carbocycles. The van der Waals surface area contributed by atoms with Crippen LogP contribution in [-0.4, -0.2) is 56.7 Å². The van der Waals surface area contributed by atoms with E-state index in [1.165, 1.54) is 30.5 Å². The van der Waals surface area contributed by atoms with Gasteiger partial charge in [-0.2, -0.15) is 0 Å². The van der Waals surface area contributed by atoms with Crippen molar-refractivity contribution < 1.29 is 13.9 Å². The molecule has 5 nitrogen and oxygen atoms in total. The minimum Gasteiger partial charge on any atom is -0.494 e. The summed E-state index contributed by atoms with van der Waals surface area (Å²) in [7, 11) is 1.59. The number of para-hydroxylation sites is 1. The highest BCUT2D eigenvalue weighted by Gasteiger charge is 2.35. The van der Waals surface area contributed by atoms with E-state index in [0.717, 1.165) is 56.9 Å². The van der Waals surface area contributed by atoms with E-state index in [1.54, 1.807) is 13.2 Å². The molecular weight excluding hydrogens is 405 g/mol. The predicted molar refractivity (Wildman–Crippen MR) is 125 cm³/mol.